The summed E-state index contributed by atoms with van der Waals surface area (Å²) in [6.45, 7) is 4.44. The van der Waals surface area contributed by atoms with Gasteiger partial charge in [0.15, 0.2) is 0 Å². The summed E-state index contributed by atoms with van der Waals surface area (Å²) in [5.41, 5.74) is 0. The third kappa shape index (κ3) is 3.94. The summed E-state index contributed by atoms with van der Waals surface area (Å²) in [5.74, 6) is -0.693. The van der Waals surface area contributed by atoms with Gasteiger partial charge in [-0.05, 0) is 40.8 Å². The van der Waals surface area contributed by atoms with Gasteiger partial charge in [-0.2, -0.15) is 0 Å². The molecule has 0 spiro atoms. The minimum atomic E-state index is -1.55. The Hall–Kier alpha value is -0.363. The molecule has 0 aliphatic carbocycles. The van der Waals surface area contributed by atoms with Crippen LogP contribution in [0.5, 0.6) is 0 Å². The zero-order chi connectivity index (χ0) is 11.5. The molecule has 0 aliphatic rings. The van der Waals surface area contributed by atoms with Crippen LogP contribution >= 0.6 is 22.6 Å². The molecule has 2 nitrogen and oxygen atoms in total. The van der Waals surface area contributed by atoms with Gasteiger partial charge in [-0.1, -0.05) is 30.4 Å². The van der Waals surface area contributed by atoms with Crippen LogP contribution in [0, 0.1) is 3.57 Å². The number of aliphatic carboxylic acids is 1. The largest absolute Gasteiger partial charge is 0.481 e. The topological polar surface area (TPSA) is 37.3 Å². The summed E-state index contributed by atoms with van der Waals surface area (Å²) in [7, 11) is -1.55. The fourth-order valence-electron chi connectivity index (χ4n) is 1.46. The Morgan fingerprint density at radius 2 is 1.87 bits per heavy atom. The van der Waals surface area contributed by atoms with E-state index in [1.54, 1.807) is 0 Å². The maximum Gasteiger partial charge on any atom is 0.303 e. The van der Waals surface area contributed by atoms with Crippen molar-refractivity contribution in [3.63, 3.8) is 0 Å². The molecule has 0 saturated carbocycles. The fourth-order valence-corrected chi connectivity index (χ4v) is 4.02. The van der Waals surface area contributed by atoms with E-state index in [1.807, 2.05) is 0 Å². The van der Waals surface area contributed by atoms with Crippen molar-refractivity contribution < 1.29 is 9.90 Å². The average molecular weight is 334 g/mol. The molecule has 4 heteroatoms. The molecule has 0 fully saturated rings. The van der Waals surface area contributed by atoms with Crippen LogP contribution in [0.25, 0.3) is 0 Å². The first-order valence-electron chi connectivity index (χ1n) is 4.90. The molecule has 1 rings (SSSR count). The number of hydrogen-bond donors (Lipinski definition) is 1. The molecule has 0 atom stereocenters. The van der Waals surface area contributed by atoms with Crippen molar-refractivity contribution in [2.75, 3.05) is 0 Å². The minimum absolute atomic E-state index is 0.283. The van der Waals surface area contributed by atoms with E-state index in [1.165, 1.54) is 8.76 Å². The predicted molar refractivity (Wildman–Crippen MR) is 73.3 cm³/mol. The molecule has 0 saturated heterocycles. The number of benzene rings is 1. The van der Waals surface area contributed by atoms with Gasteiger partial charge in [-0.25, -0.2) is 0 Å². The summed E-state index contributed by atoms with van der Waals surface area (Å²) >= 11 is 2.28. The Kier molecular flexibility index (Phi) is 4.33. The molecule has 0 bridgehead atoms. The van der Waals surface area contributed by atoms with E-state index >= 15 is 0 Å². The Morgan fingerprint density at radius 3 is 2.33 bits per heavy atom. The number of carboxylic acid groups (broad SMARTS) is 1. The highest BCUT2D eigenvalue weighted by Gasteiger charge is 2.23. The second-order valence-corrected chi connectivity index (χ2v) is 10.4. The standard InChI is InChI=1S/C11H15IO2Si/c1-15(2,8-7-11(13)14)10-5-3-9(12)4-6-10/h3-6H,7-8H2,1-2H3,(H,13,14). The van der Waals surface area contributed by atoms with Crippen LogP contribution in [-0.2, 0) is 4.79 Å². The molecule has 0 heterocycles. The number of halogens is 1. The smallest absolute Gasteiger partial charge is 0.303 e. The summed E-state index contributed by atoms with van der Waals surface area (Å²) in [5, 5.41) is 10.0. The molecular formula is C11H15IO2Si. The quantitative estimate of drug-likeness (QED) is 0.679. The second kappa shape index (κ2) is 5.11. The summed E-state index contributed by atoms with van der Waals surface area (Å²) < 4.78 is 1.22. The molecular weight excluding hydrogens is 319 g/mol. The van der Waals surface area contributed by atoms with E-state index in [0.29, 0.717) is 0 Å². The van der Waals surface area contributed by atoms with Crippen molar-refractivity contribution in [3.8, 4) is 0 Å². The number of carboxylic acids is 1. The van der Waals surface area contributed by atoms with E-state index < -0.39 is 14.0 Å². The van der Waals surface area contributed by atoms with Crippen LogP contribution in [0.1, 0.15) is 6.42 Å². The lowest BCUT2D eigenvalue weighted by atomic mass is 10.4. The van der Waals surface area contributed by atoms with E-state index in [9.17, 15) is 4.79 Å². The van der Waals surface area contributed by atoms with Gasteiger partial charge in [-0.3, -0.25) is 4.79 Å². The lowest BCUT2D eigenvalue weighted by Crippen LogP contribution is -2.41. The molecule has 82 valence electrons. The maximum atomic E-state index is 10.6. The molecule has 0 amide bonds. The summed E-state index contributed by atoms with van der Waals surface area (Å²) in [6.07, 6.45) is 0.283. The van der Waals surface area contributed by atoms with Crippen LogP contribution in [-0.4, -0.2) is 19.1 Å². The molecule has 0 radical (unpaired) electrons. The molecule has 15 heavy (non-hydrogen) atoms. The summed E-state index contributed by atoms with van der Waals surface area (Å²) in [6, 6.07) is 9.26. The number of carbonyl (C=O) groups is 1. The zero-order valence-corrected chi connectivity index (χ0v) is 12.1. The van der Waals surface area contributed by atoms with Crippen LogP contribution in [0.15, 0.2) is 24.3 Å². The molecule has 0 aliphatic heterocycles. The first kappa shape index (κ1) is 12.7. The lowest BCUT2D eigenvalue weighted by Gasteiger charge is -2.22. The number of hydrogen-bond acceptors (Lipinski definition) is 1. The Morgan fingerprint density at radius 1 is 1.33 bits per heavy atom. The SMILES string of the molecule is C[Si](C)(CCC(=O)O)c1ccc(I)cc1. The molecule has 1 aromatic carbocycles. The summed E-state index contributed by atoms with van der Waals surface area (Å²) in [4.78, 5) is 10.6. The van der Waals surface area contributed by atoms with Crippen molar-refractivity contribution in [2.45, 2.75) is 25.6 Å². The van der Waals surface area contributed by atoms with Gasteiger partial charge in [0.2, 0.25) is 0 Å². The van der Waals surface area contributed by atoms with Gasteiger partial charge in [0.25, 0.3) is 0 Å². The highest BCUT2D eigenvalue weighted by molar-refractivity contribution is 14.1. The third-order valence-corrected chi connectivity index (χ3v) is 6.71. The first-order valence-corrected chi connectivity index (χ1v) is 9.18. The van der Waals surface area contributed by atoms with Crippen LogP contribution in [0.2, 0.25) is 19.1 Å². The van der Waals surface area contributed by atoms with Gasteiger partial charge in [-0.15, -0.1) is 0 Å². The Bertz CT molecular complexity index is 346. The van der Waals surface area contributed by atoms with Gasteiger partial charge >= 0.3 is 5.97 Å². The van der Waals surface area contributed by atoms with Crippen molar-refractivity contribution >= 4 is 41.8 Å². The lowest BCUT2D eigenvalue weighted by molar-refractivity contribution is -0.136. The van der Waals surface area contributed by atoms with E-state index in [4.69, 9.17) is 5.11 Å². The van der Waals surface area contributed by atoms with Crippen molar-refractivity contribution in [2.24, 2.45) is 0 Å². The van der Waals surface area contributed by atoms with Crippen molar-refractivity contribution in [1.82, 2.24) is 0 Å². The molecule has 0 unspecified atom stereocenters. The fraction of sp³-hybridized carbons (Fsp3) is 0.364. The van der Waals surface area contributed by atoms with E-state index in [0.717, 1.165) is 6.04 Å². The second-order valence-electron chi connectivity index (χ2n) is 4.28. The average Bonchev–Trinajstić information content (AvgIpc) is 2.16. The van der Waals surface area contributed by atoms with E-state index in [2.05, 4.69) is 60.0 Å². The molecule has 1 N–H and O–H groups in total. The van der Waals surface area contributed by atoms with Gasteiger partial charge < -0.3 is 5.11 Å². The Labute approximate surface area is 105 Å². The highest BCUT2D eigenvalue weighted by Crippen LogP contribution is 2.13. The van der Waals surface area contributed by atoms with Crippen LogP contribution in [0.3, 0.4) is 0 Å². The van der Waals surface area contributed by atoms with Gasteiger partial charge in [0.1, 0.15) is 0 Å². The predicted octanol–water partition coefficient (Wildman–Crippen LogP) is 2.68. The normalized spacial score (nSPS) is 11.4. The first-order chi connectivity index (χ1) is 6.92. The monoisotopic (exact) mass is 334 g/mol. The maximum absolute atomic E-state index is 10.6. The Balaban J connectivity index is 2.76. The molecule has 0 aromatic heterocycles. The third-order valence-electron chi connectivity index (χ3n) is 2.59. The van der Waals surface area contributed by atoms with Crippen LogP contribution < -0.4 is 5.19 Å². The molecule has 1 aromatic rings. The minimum Gasteiger partial charge on any atom is -0.481 e. The zero-order valence-electron chi connectivity index (χ0n) is 8.96. The van der Waals surface area contributed by atoms with Crippen LogP contribution in [0.4, 0.5) is 0 Å². The highest BCUT2D eigenvalue weighted by atomic mass is 127. The van der Waals surface area contributed by atoms with Gasteiger partial charge in [0.05, 0.1) is 8.07 Å². The van der Waals surface area contributed by atoms with Crippen molar-refractivity contribution in [1.29, 1.82) is 0 Å². The van der Waals surface area contributed by atoms with Crippen molar-refractivity contribution in [3.05, 3.63) is 27.8 Å². The van der Waals surface area contributed by atoms with Gasteiger partial charge in [0, 0.05) is 9.99 Å². The van der Waals surface area contributed by atoms with E-state index in [-0.39, 0.29) is 6.42 Å². The number of rotatable bonds is 4.